The summed E-state index contributed by atoms with van der Waals surface area (Å²) in [6.45, 7) is -0.144. The van der Waals surface area contributed by atoms with Crippen molar-refractivity contribution in [1.29, 1.82) is 0 Å². The van der Waals surface area contributed by atoms with E-state index in [-0.39, 0.29) is 6.61 Å². The molecule has 0 saturated carbocycles. The largest absolute Gasteiger partial charge is 0.388 e. The number of rotatable bonds is 2. The maximum absolute atomic E-state index is 8.79. The van der Waals surface area contributed by atoms with Gasteiger partial charge >= 0.3 is 0 Å². The third-order valence-electron chi connectivity index (χ3n) is 1.64. The summed E-state index contributed by atoms with van der Waals surface area (Å²) in [6, 6.07) is 1.86. The van der Waals surface area contributed by atoms with E-state index in [0.29, 0.717) is 11.6 Å². The lowest BCUT2D eigenvalue weighted by molar-refractivity contribution is 0.272. The van der Waals surface area contributed by atoms with Crippen LogP contribution in [0.15, 0.2) is 22.9 Å². The molecule has 0 unspecified atom stereocenters. The van der Waals surface area contributed by atoms with Crippen molar-refractivity contribution in [3.63, 3.8) is 0 Å². The standard InChI is InChI=1S/C8H7BrN4O/c9-6-1-5(2-10-3-6)8-11-7(4-14)12-13-8/h1-3,14H,4H2,(H,11,12,13). The lowest BCUT2D eigenvalue weighted by Gasteiger charge is -1.93. The first-order chi connectivity index (χ1) is 6.79. The molecule has 2 N–H and O–H groups in total. The van der Waals surface area contributed by atoms with Gasteiger partial charge in [-0.05, 0) is 22.0 Å². The highest BCUT2D eigenvalue weighted by Gasteiger charge is 2.05. The molecule has 6 heteroatoms. The fourth-order valence-corrected chi connectivity index (χ4v) is 1.39. The summed E-state index contributed by atoms with van der Waals surface area (Å²) >= 11 is 3.31. The van der Waals surface area contributed by atoms with Crippen LogP contribution in [0.2, 0.25) is 0 Å². The summed E-state index contributed by atoms with van der Waals surface area (Å²) in [5.41, 5.74) is 0.801. The summed E-state index contributed by atoms with van der Waals surface area (Å²) in [5, 5.41) is 15.4. The topological polar surface area (TPSA) is 74.7 Å². The first-order valence-corrected chi connectivity index (χ1v) is 4.72. The Morgan fingerprint density at radius 1 is 1.43 bits per heavy atom. The fourth-order valence-electron chi connectivity index (χ4n) is 1.03. The van der Waals surface area contributed by atoms with Crippen molar-refractivity contribution in [2.24, 2.45) is 0 Å². The maximum atomic E-state index is 8.79. The highest BCUT2D eigenvalue weighted by atomic mass is 79.9. The molecule has 0 aliphatic heterocycles. The molecule has 0 radical (unpaired) electrons. The van der Waals surface area contributed by atoms with E-state index in [4.69, 9.17) is 5.11 Å². The number of aliphatic hydroxyl groups is 1. The molecule has 0 aromatic carbocycles. The van der Waals surface area contributed by atoms with Crippen LogP contribution in [0.25, 0.3) is 11.4 Å². The number of nitrogens with one attached hydrogen (secondary N) is 1. The zero-order chi connectivity index (χ0) is 9.97. The summed E-state index contributed by atoms with van der Waals surface area (Å²) < 4.78 is 0.866. The lowest BCUT2D eigenvalue weighted by Crippen LogP contribution is -1.85. The Bertz CT molecular complexity index is 442. The van der Waals surface area contributed by atoms with Crippen molar-refractivity contribution in [2.45, 2.75) is 6.61 Å². The van der Waals surface area contributed by atoms with Crippen LogP contribution in [-0.2, 0) is 6.61 Å². The van der Waals surface area contributed by atoms with E-state index in [2.05, 4.69) is 36.1 Å². The van der Waals surface area contributed by atoms with Crippen LogP contribution in [0, 0.1) is 0 Å². The van der Waals surface area contributed by atoms with Crippen molar-refractivity contribution < 1.29 is 5.11 Å². The molecule has 0 amide bonds. The molecular formula is C8H7BrN4O. The number of hydrogen-bond donors (Lipinski definition) is 2. The van der Waals surface area contributed by atoms with Gasteiger partial charge in [0.1, 0.15) is 6.61 Å². The number of aromatic nitrogens is 4. The molecule has 2 heterocycles. The SMILES string of the molecule is OCc1nc(-c2cncc(Br)c2)n[nH]1. The number of pyridine rings is 1. The van der Waals surface area contributed by atoms with Gasteiger partial charge in [-0.3, -0.25) is 10.1 Å². The third kappa shape index (κ3) is 1.80. The molecular weight excluding hydrogens is 248 g/mol. The van der Waals surface area contributed by atoms with Crippen LogP contribution in [0.5, 0.6) is 0 Å². The Morgan fingerprint density at radius 2 is 2.29 bits per heavy atom. The minimum Gasteiger partial charge on any atom is -0.388 e. The van der Waals surface area contributed by atoms with E-state index in [1.165, 1.54) is 0 Å². The van der Waals surface area contributed by atoms with Gasteiger partial charge < -0.3 is 5.11 Å². The van der Waals surface area contributed by atoms with E-state index in [9.17, 15) is 0 Å². The van der Waals surface area contributed by atoms with Gasteiger partial charge in [0.2, 0.25) is 0 Å². The minimum absolute atomic E-state index is 0.144. The highest BCUT2D eigenvalue weighted by molar-refractivity contribution is 9.10. The van der Waals surface area contributed by atoms with Crippen molar-refractivity contribution in [2.75, 3.05) is 0 Å². The molecule has 2 aromatic rings. The van der Waals surface area contributed by atoms with Gasteiger partial charge in [0.15, 0.2) is 11.6 Å². The van der Waals surface area contributed by atoms with E-state index in [1.807, 2.05) is 6.07 Å². The molecule has 0 spiro atoms. The van der Waals surface area contributed by atoms with Gasteiger partial charge in [-0.2, -0.15) is 5.10 Å². The Hall–Kier alpha value is -1.27. The van der Waals surface area contributed by atoms with Gasteiger partial charge in [0.25, 0.3) is 0 Å². The van der Waals surface area contributed by atoms with Gasteiger partial charge in [-0.15, -0.1) is 0 Å². The molecule has 2 aromatic heterocycles. The van der Waals surface area contributed by atoms with Gasteiger partial charge in [0, 0.05) is 22.4 Å². The number of hydrogen-bond acceptors (Lipinski definition) is 4. The molecule has 0 fully saturated rings. The minimum atomic E-state index is -0.144. The fraction of sp³-hybridized carbons (Fsp3) is 0.125. The van der Waals surface area contributed by atoms with E-state index >= 15 is 0 Å². The normalized spacial score (nSPS) is 10.4. The number of aliphatic hydroxyl groups excluding tert-OH is 1. The lowest BCUT2D eigenvalue weighted by atomic mass is 10.3. The van der Waals surface area contributed by atoms with Crippen LogP contribution in [0.4, 0.5) is 0 Å². The monoisotopic (exact) mass is 254 g/mol. The number of aromatic amines is 1. The van der Waals surface area contributed by atoms with Crippen molar-refractivity contribution >= 4 is 15.9 Å². The quantitative estimate of drug-likeness (QED) is 0.843. The summed E-state index contributed by atoms with van der Waals surface area (Å²) in [5.74, 6) is 0.975. The molecule has 0 atom stereocenters. The number of halogens is 1. The predicted molar refractivity (Wildman–Crippen MR) is 53.2 cm³/mol. The summed E-state index contributed by atoms with van der Waals surface area (Å²) in [4.78, 5) is 8.06. The van der Waals surface area contributed by atoms with Gasteiger partial charge in [0.05, 0.1) is 0 Å². The second-order valence-corrected chi connectivity index (χ2v) is 3.57. The van der Waals surface area contributed by atoms with Crippen LogP contribution in [-0.4, -0.2) is 25.3 Å². The number of nitrogens with zero attached hydrogens (tertiary/aromatic N) is 3. The predicted octanol–water partition coefficient (Wildman–Crippen LogP) is 1.12. The zero-order valence-electron chi connectivity index (χ0n) is 7.11. The molecule has 0 bridgehead atoms. The van der Waals surface area contributed by atoms with Crippen LogP contribution >= 0.6 is 15.9 Å². The second kappa shape index (κ2) is 3.85. The zero-order valence-corrected chi connectivity index (χ0v) is 8.69. The highest BCUT2D eigenvalue weighted by Crippen LogP contribution is 2.17. The van der Waals surface area contributed by atoms with E-state index in [1.54, 1.807) is 12.4 Å². The van der Waals surface area contributed by atoms with E-state index in [0.717, 1.165) is 10.0 Å². The van der Waals surface area contributed by atoms with Crippen LogP contribution in [0.1, 0.15) is 5.82 Å². The van der Waals surface area contributed by atoms with Crippen LogP contribution in [0.3, 0.4) is 0 Å². The average Bonchev–Trinajstić information content (AvgIpc) is 2.66. The Balaban J connectivity index is 2.39. The Kier molecular flexibility index (Phi) is 2.55. The third-order valence-corrected chi connectivity index (χ3v) is 2.08. The summed E-state index contributed by atoms with van der Waals surface area (Å²) in [7, 11) is 0. The molecule has 72 valence electrons. The molecule has 0 saturated heterocycles. The first-order valence-electron chi connectivity index (χ1n) is 3.92. The second-order valence-electron chi connectivity index (χ2n) is 2.66. The van der Waals surface area contributed by atoms with Crippen LogP contribution < -0.4 is 0 Å². The Morgan fingerprint density at radius 3 is 2.93 bits per heavy atom. The Labute approximate surface area is 88.4 Å². The first kappa shape index (κ1) is 9.29. The molecule has 5 nitrogen and oxygen atoms in total. The van der Waals surface area contributed by atoms with Crippen molar-refractivity contribution in [3.8, 4) is 11.4 Å². The summed E-state index contributed by atoms with van der Waals surface area (Å²) in [6.07, 6.45) is 3.35. The molecule has 2 rings (SSSR count). The molecule has 0 aliphatic carbocycles. The van der Waals surface area contributed by atoms with E-state index < -0.39 is 0 Å². The molecule has 14 heavy (non-hydrogen) atoms. The van der Waals surface area contributed by atoms with Crippen molar-refractivity contribution in [3.05, 3.63) is 28.8 Å². The molecule has 0 aliphatic rings. The van der Waals surface area contributed by atoms with Crippen molar-refractivity contribution in [1.82, 2.24) is 20.2 Å². The maximum Gasteiger partial charge on any atom is 0.182 e. The average molecular weight is 255 g/mol. The van der Waals surface area contributed by atoms with Gasteiger partial charge in [-0.25, -0.2) is 4.98 Å². The number of H-pyrrole nitrogens is 1. The smallest absolute Gasteiger partial charge is 0.182 e. The van der Waals surface area contributed by atoms with Gasteiger partial charge in [-0.1, -0.05) is 0 Å².